The predicted molar refractivity (Wildman–Crippen MR) is 186 cm³/mol. The molecular weight excluding hydrogens is 660 g/mol. The molecule has 4 rings (SSSR count). The molecule has 0 aromatic rings. The molecule has 3 fully saturated rings. The lowest BCUT2D eigenvalue weighted by Crippen LogP contribution is -2.53. The lowest BCUT2D eigenvalue weighted by molar-refractivity contribution is -0.288. The zero-order valence-corrected chi connectivity index (χ0v) is 31.6. The van der Waals surface area contributed by atoms with Crippen LogP contribution in [0.2, 0.25) is 0 Å². The number of aliphatic hydroxyl groups is 1. The number of hydrogen-bond acceptors (Lipinski definition) is 12. The Kier molecular flexibility index (Phi) is 13.7. The molecule has 12 heteroatoms. The average Bonchev–Trinajstić information content (AvgIpc) is 3.04. The molecule has 8 atom stereocenters. The molecule has 4 aliphatic heterocycles. The molecular formula is C39H58O12. The van der Waals surface area contributed by atoms with Crippen molar-refractivity contribution >= 4 is 23.9 Å². The molecule has 0 saturated carbocycles. The Bertz CT molecular complexity index is 1360. The largest absolute Gasteiger partial charge is 0.466 e. The lowest BCUT2D eigenvalue weighted by Gasteiger charge is -2.48. The van der Waals surface area contributed by atoms with Gasteiger partial charge in [-0.3, -0.25) is 9.59 Å². The Morgan fingerprint density at radius 1 is 0.922 bits per heavy atom. The number of ether oxygens (including phenoxy) is 7. The first-order chi connectivity index (χ1) is 24.0. The molecule has 0 aliphatic carbocycles. The van der Waals surface area contributed by atoms with Crippen LogP contribution in [-0.2, 0) is 52.3 Å². The third kappa shape index (κ3) is 10.7. The van der Waals surface area contributed by atoms with Crippen molar-refractivity contribution in [3.8, 4) is 0 Å². The van der Waals surface area contributed by atoms with Crippen LogP contribution in [0.15, 0.2) is 35.5 Å². The van der Waals surface area contributed by atoms with E-state index in [1.807, 2.05) is 46.8 Å². The van der Waals surface area contributed by atoms with Crippen molar-refractivity contribution < 1.29 is 57.4 Å². The van der Waals surface area contributed by atoms with Crippen LogP contribution < -0.4 is 0 Å². The van der Waals surface area contributed by atoms with Crippen molar-refractivity contribution in [2.75, 3.05) is 14.2 Å². The highest BCUT2D eigenvalue weighted by atomic mass is 16.6. The number of cyclic esters (lactones) is 1. The molecule has 51 heavy (non-hydrogen) atoms. The highest BCUT2D eigenvalue weighted by molar-refractivity contribution is 5.83. The Morgan fingerprint density at radius 3 is 2.24 bits per heavy atom. The van der Waals surface area contributed by atoms with Gasteiger partial charge in [0, 0.05) is 62.0 Å². The van der Waals surface area contributed by atoms with Crippen molar-refractivity contribution in [3.63, 3.8) is 0 Å². The van der Waals surface area contributed by atoms with Crippen LogP contribution in [0, 0.1) is 10.8 Å². The van der Waals surface area contributed by atoms with Gasteiger partial charge in [0.15, 0.2) is 5.79 Å². The Balaban J connectivity index is 1.73. The fourth-order valence-corrected chi connectivity index (χ4v) is 7.64. The molecule has 4 heterocycles. The van der Waals surface area contributed by atoms with Gasteiger partial charge in [0.05, 0.1) is 44.7 Å². The quantitative estimate of drug-likeness (QED) is 0.167. The van der Waals surface area contributed by atoms with Gasteiger partial charge in [0.1, 0.15) is 12.2 Å². The molecule has 3 saturated heterocycles. The summed E-state index contributed by atoms with van der Waals surface area (Å²) in [6.07, 6.45) is 8.22. The summed E-state index contributed by atoms with van der Waals surface area (Å²) < 4.78 is 41.4. The highest BCUT2D eigenvalue weighted by Crippen LogP contribution is 2.46. The molecule has 8 unspecified atom stereocenters. The van der Waals surface area contributed by atoms with E-state index in [2.05, 4.69) is 0 Å². The van der Waals surface area contributed by atoms with Gasteiger partial charge in [-0.1, -0.05) is 57.9 Å². The van der Waals surface area contributed by atoms with Gasteiger partial charge in [-0.05, 0) is 38.5 Å². The Morgan fingerprint density at radius 2 is 1.59 bits per heavy atom. The number of methoxy groups -OCH3 is 2. The number of esters is 4. The summed E-state index contributed by atoms with van der Waals surface area (Å²) in [7, 11) is 2.64. The molecule has 0 amide bonds. The van der Waals surface area contributed by atoms with E-state index in [4.69, 9.17) is 33.2 Å². The summed E-state index contributed by atoms with van der Waals surface area (Å²) in [6.45, 7) is 11.1. The minimum atomic E-state index is -1.73. The SMILES string of the molecule is CCC1CC2C/C(=C\C(=O)OC)CC(O)(O2)C(C)(C)/C=C/C2C/C(=C\C(=O)OC)CC(CC3OC(CCCC(=O)O1)CC(OC(C)=O)C3(C)C)O2. The molecule has 6 bridgehead atoms. The summed E-state index contributed by atoms with van der Waals surface area (Å²) in [5.41, 5.74) is -0.0134. The number of fused-ring (bicyclic) bond motifs is 6. The maximum atomic E-state index is 13.1. The standard InChI is InChI=1S/C39H58O12/c1-9-27-20-31-17-26(19-36(43)46-8)23-39(44,51-31)37(3,4)14-13-29-15-25(18-35(42)45-7)16-30(48-29)22-33-38(5,6)32(47-24(2)40)21-28(49-33)11-10-12-34(41)50-27/h13-14,18-19,27-33,44H,9-12,15-17,20-23H2,1-8H3/b14-13+,25-18+,26-19+. The van der Waals surface area contributed by atoms with Gasteiger partial charge >= 0.3 is 23.9 Å². The maximum absolute atomic E-state index is 13.1. The second-order valence-corrected chi connectivity index (χ2v) is 15.6. The third-order valence-electron chi connectivity index (χ3n) is 10.9. The zero-order chi connectivity index (χ0) is 37.6. The van der Waals surface area contributed by atoms with Crippen molar-refractivity contribution in [2.24, 2.45) is 10.8 Å². The van der Waals surface area contributed by atoms with E-state index in [9.17, 15) is 24.3 Å². The van der Waals surface area contributed by atoms with E-state index >= 15 is 0 Å². The van der Waals surface area contributed by atoms with Crippen LogP contribution in [0.3, 0.4) is 0 Å². The highest BCUT2D eigenvalue weighted by Gasteiger charge is 2.50. The minimum absolute atomic E-state index is 0.0624. The van der Waals surface area contributed by atoms with Crippen molar-refractivity contribution in [3.05, 3.63) is 35.5 Å². The molecule has 4 aliphatic rings. The average molecular weight is 719 g/mol. The molecule has 0 aromatic heterocycles. The first-order valence-electron chi connectivity index (χ1n) is 18.3. The normalized spacial score (nSPS) is 36.6. The molecule has 0 aromatic carbocycles. The molecule has 286 valence electrons. The second-order valence-electron chi connectivity index (χ2n) is 15.6. The van der Waals surface area contributed by atoms with Crippen molar-refractivity contribution in [2.45, 2.75) is 161 Å². The molecule has 12 nitrogen and oxygen atoms in total. The van der Waals surface area contributed by atoms with Gasteiger partial charge in [0.25, 0.3) is 0 Å². The number of hydrogen-bond donors (Lipinski definition) is 1. The third-order valence-corrected chi connectivity index (χ3v) is 10.9. The van der Waals surface area contributed by atoms with E-state index < -0.39 is 53.0 Å². The van der Waals surface area contributed by atoms with Crippen LogP contribution in [0.25, 0.3) is 0 Å². The van der Waals surface area contributed by atoms with Gasteiger partial charge in [-0.2, -0.15) is 0 Å². The first-order valence-corrected chi connectivity index (χ1v) is 18.3. The summed E-state index contributed by atoms with van der Waals surface area (Å²) in [5.74, 6) is -3.41. The fraction of sp³-hybridized carbons (Fsp3) is 0.744. The summed E-state index contributed by atoms with van der Waals surface area (Å²) in [6, 6.07) is 0. The van der Waals surface area contributed by atoms with Crippen LogP contribution in [-0.4, -0.2) is 91.7 Å². The number of rotatable bonds is 4. The van der Waals surface area contributed by atoms with Gasteiger partial charge in [-0.25, -0.2) is 9.59 Å². The van der Waals surface area contributed by atoms with E-state index in [1.165, 1.54) is 33.3 Å². The van der Waals surface area contributed by atoms with E-state index in [0.29, 0.717) is 63.4 Å². The van der Waals surface area contributed by atoms with Crippen LogP contribution in [0.5, 0.6) is 0 Å². The van der Waals surface area contributed by atoms with E-state index in [0.717, 1.165) is 5.57 Å². The molecule has 0 spiro atoms. The molecule has 1 N–H and O–H groups in total. The van der Waals surface area contributed by atoms with Gasteiger partial charge < -0.3 is 38.3 Å². The Hall–Kier alpha value is -3.06. The smallest absolute Gasteiger partial charge is 0.330 e. The van der Waals surface area contributed by atoms with Gasteiger partial charge in [-0.15, -0.1) is 0 Å². The second kappa shape index (κ2) is 17.2. The maximum Gasteiger partial charge on any atom is 0.330 e. The van der Waals surface area contributed by atoms with Crippen LogP contribution in [0.1, 0.15) is 112 Å². The first kappa shape index (κ1) is 40.7. The Labute approximate surface area is 302 Å². The van der Waals surface area contributed by atoms with Crippen LogP contribution >= 0.6 is 0 Å². The monoisotopic (exact) mass is 718 g/mol. The van der Waals surface area contributed by atoms with Gasteiger partial charge in [0.2, 0.25) is 0 Å². The van der Waals surface area contributed by atoms with Crippen LogP contribution in [0.4, 0.5) is 0 Å². The summed E-state index contributed by atoms with van der Waals surface area (Å²) in [4.78, 5) is 50.0. The van der Waals surface area contributed by atoms with E-state index in [1.54, 1.807) is 0 Å². The van der Waals surface area contributed by atoms with Crippen molar-refractivity contribution in [1.29, 1.82) is 0 Å². The number of carbonyl (C=O) groups excluding carboxylic acids is 4. The zero-order valence-electron chi connectivity index (χ0n) is 31.6. The minimum Gasteiger partial charge on any atom is -0.466 e. The number of carbonyl (C=O) groups is 4. The lowest BCUT2D eigenvalue weighted by atomic mass is 9.73. The summed E-state index contributed by atoms with van der Waals surface area (Å²) >= 11 is 0. The molecule has 0 radical (unpaired) electrons. The van der Waals surface area contributed by atoms with E-state index in [-0.39, 0.29) is 43.1 Å². The summed E-state index contributed by atoms with van der Waals surface area (Å²) in [5, 5.41) is 12.2. The fourth-order valence-electron chi connectivity index (χ4n) is 7.64. The topological polar surface area (TPSA) is 153 Å². The van der Waals surface area contributed by atoms with Crippen molar-refractivity contribution in [1.82, 2.24) is 0 Å². The predicted octanol–water partition coefficient (Wildman–Crippen LogP) is 5.58.